The Hall–Kier alpha value is -2.82. The highest BCUT2D eigenvalue weighted by molar-refractivity contribution is 5.98. The Labute approximate surface area is 154 Å². The van der Waals surface area contributed by atoms with Crippen molar-refractivity contribution in [2.45, 2.75) is 33.2 Å². The molecular weight excluding hydrogens is 328 g/mol. The molecule has 3 rings (SSSR count). The first-order valence-electron chi connectivity index (χ1n) is 8.77. The molecule has 0 radical (unpaired) electrons. The first-order valence-corrected chi connectivity index (χ1v) is 8.77. The highest BCUT2D eigenvalue weighted by Crippen LogP contribution is 2.30. The summed E-state index contributed by atoms with van der Waals surface area (Å²) in [5.74, 6) is 0.653. The van der Waals surface area contributed by atoms with Crippen molar-refractivity contribution in [3.05, 3.63) is 58.7 Å². The second-order valence-electron chi connectivity index (χ2n) is 6.70. The molecule has 0 aliphatic carbocycles. The van der Waals surface area contributed by atoms with Crippen LogP contribution < -0.4 is 15.0 Å². The summed E-state index contributed by atoms with van der Waals surface area (Å²) in [5, 5.41) is 3.04. The average molecular weight is 352 g/mol. The zero-order chi connectivity index (χ0) is 18.8. The number of nitrogens with one attached hydrogen (secondary N) is 1. The Morgan fingerprint density at radius 2 is 1.96 bits per heavy atom. The molecule has 1 N–H and O–H groups in total. The maximum Gasteiger partial charge on any atom is 0.251 e. The van der Waals surface area contributed by atoms with Crippen molar-refractivity contribution in [1.82, 2.24) is 5.32 Å². The second kappa shape index (κ2) is 7.20. The van der Waals surface area contributed by atoms with Gasteiger partial charge in [0.25, 0.3) is 5.91 Å². The summed E-state index contributed by atoms with van der Waals surface area (Å²) >= 11 is 0. The summed E-state index contributed by atoms with van der Waals surface area (Å²) in [5.41, 5.74) is 4.61. The molecule has 5 nitrogen and oxygen atoms in total. The summed E-state index contributed by atoms with van der Waals surface area (Å²) in [6.45, 7) is 6.19. The van der Waals surface area contributed by atoms with E-state index in [1.165, 1.54) is 0 Å². The van der Waals surface area contributed by atoms with Gasteiger partial charge in [0.1, 0.15) is 5.75 Å². The van der Waals surface area contributed by atoms with E-state index in [4.69, 9.17) is 4.74 Å². The van der Waals surface area contributed by atoms with Gasteiger partial charge in [-0.2, -0.15) is 0 Å². The Morgan fingerprint density at radius 3 is 2.65 bits per heavy atom. The molecule has 1 aliphatic heterocycles. The third kappa shape index (κ3) is 3.43. The van der Waals surface area contributed by atoms with Crippen molar-refractivity contribution in [1.29, 1.82) is 0 Å². The van der Waals surface area contributed by atoms with Crippen molar-refractivity contribution in [3.63, 3.8) is 0 Å². The third-order valence-corrected chi connectivity index (χ3v) is 4.82. The first-order chi connectivity index (χ1) is 12.4. The third-order valence-electron chi connectivity index (χ3n) is 4.82. The van der Waals surface area contributed by atoms with Crippen LogP contribution >= 0.6 is 0 Å². The molecule has 0 fully saturated rings. The summed E-state index contributed by atoms with van der Waals surface area (Å²) in [4.78, 5) is 26.1. The van der Waals surface area contributed by atoms with Gasteiger partial charge in [0.15, 0.2) is 0 Å². The molecule has 2 amide bonds. The molecule has 0 aromatic heterocycles. The molecule has 2 aromatic carbocycles. The van der Waals surface area contributed by atoms with Crippen molar-refractivity contribution in [2.24, 2.45) is 0 Å². The summed E-state index contributed by atoms with van der Waals surface area (Å²) < 4.78 is 5.41. The van der Waals surface area contributed by atoms with Crippen LogP contribution in [0.15, 0.2) is 36.4 Å². The fourth-order valence-electron chi connectivity index (χ4n) is 3.42. The van der Waals surface area contributed by atoms with Crippen LogP contribution in [0.1, 0.15) is 46.9 Å². The number of aryl methyl sites for hydroxylation is 1. The molecule has 2 aromatic rings. The van der Waals surface area contributed by atoms with Gasteiger partial charge in [-0.25, -0.2) is 0 Å². The number of rotatable bonds is 4. The lowest BCUT2D eigenvalue weighted by atomic mass is 10.0. The normalized spacial score (nSPS) is 13.9. The molecule has 0 bridgehead atoms. The van der Waals surface area contributed by atoms with E-state index in [-0.39, 0.29) is 17.9 Å². The van der Waals surface area contributed by atoms with Crippen LogP contribution in [0.4, 0.5) is 5.69 Å². The Bertz CT molecular complexity index is 860. The Morgan fingerprint density at radius 1 is 1.19 bits per heavy atom. The number of carbonyl (C=O) groups is 2. The quantitative estimate of drug-likeness (QED) is 0.917. The SMILES string of the molecule is COc1ccc(C)cc1C(C)NC(=O)c1ccc2c(c1)CCN2C(C)=O. The largest absolute Gasteiger partial charge is 0.496 e. The van der Waals surface area contributed by atoms with Crippen molar-refractivity contribution >= 4 is 17.5 Å². The average Bonchev–Trinajstić information content (AvgIpc) is 3.04. The van der Waals surface area contributed by atoms with Crippen molar-refractivity contribution in [3.8, 4) is 5.75 Å². The van der Waals surface area contributed by atoms with Gasteiger partial charge in [0, 0.05) is 30.3 Å². The number of fused-ring (bicyclic) bond motifs is 1. The minimum absolute atomic E-state index is 0.0288. The number of anilines is 1. The van der Waals surface area contributed by atoms with Gasteiger partial charge in [-0.3, -0.25) is 9.59 Å². The van der Waals surface area contributed by atoms with Gasteiger partial charge in [-0.05, 0) is 50.1 Å². The van der Waals surface area contributed by atoms with Gasteiger partial charge in [-0.15, -0.1) is 0 Å². The lowest BCUT2D eigenvalue weighted by Crippen LogP contribution is -2.27. The maximum atomic E-state index is 12.7. The molecule has 1 aliphatic rings. The number of methoxy groups -OCH3 is 1. The van der Waals surface area contributed by atoms with E-state index in [0.717, 1.165) is 34.5 Å². The van der Waals surface area contributed by atoms with Gasteiger partial charge < -0.3 is 15.0 Å². The molecule has 5 heteroatoms. The van der Waals surface area contributed by atoms with E-state index in [0.29, 0.717) is 12.1 Å². The number of benzene rings is 2. The predicted octanol–water partition coefficient (Wildman–Crippen LogP) is 3.40. The van der Waals surface area contributed by atoms with Gasteiger partial charge in [-0.1, -0.05) is 17.7 Å². The van der Waals surface area contributed by atoms with Crippen molar-refractivity contribution < 1.29 is 14.3 Å². The van der Waals surface area contributed by atoms with Gasteiger partial charge in [0.2, 0.25) is 5.91 Å². The zero-order valence-corrected chi connectivity index (χ0v) is 15.6. The molecule has 0 spiro atoms. The predicted molar refractivity (Wildman–Crippen MR) is 102 cm³/mol. The van der Waals surface area contributed by atoms with Crippen LogP contribution in [0.25, 0.3) is 0 Å². The van der Waals surface area contributed by atoms with Crippen LogP contribution in [0.5, 0.6) is 5.75 Å². The highest BCUT2D eigenvalue weighted by Gasteiger charge is 2.23. The van der Waals surface area contributed by atoms with Crippen LogP contribution in [-0.4, -0.2) is 25.5 Å². The molecule has 136 valence electrons. The van der Waals surface area contributed by atoms with Crippen LogP contribution in [0.3, 0.4) is 0 Å². The number of ether oxygens (including phenoxy) is 1. The second-order valence-corrected chi connectivity index (χ2v) is 6.70. The minimum atomic E-state index is -0.181. The first kappa shape index (κ1) is 18.0. The van der Waals surface area contributed by atoms with Gasteiger partial charge in [0.05, 0.1) is 13.2 Å². The molecule has 1 atom stereocenters. The Kier molecular flexibility index (Phi) is 4.98. The minimum Gasteiger partial charge on any atom is -0.496 e. The molecule has 0 saturated carbocycles. The fraction of sp³-hybridized carbons (Fsp3) is 0.333. The zero-order valence-electron chi connectivity index (χ0n) is 15.6. The molecule has 1 unspecified atom stereocenters. The lowest BCUT2D eigenvalue weighted by molar-refractivity contribution is -0.116. The van der Waals surface area contributed by atoms with Crippen molar-refractivity contribution in [2.75, 3.05) is 18.6 Å². The number of nitrogens with zero attached hydrogens (tertiary/aromatic N) is 1. The molecule has 26 heavy (non-hydrogen) atoms. The monoisotopic (exact) mass is 352 g/mol. The van der Waals surface area contributed by atoms with E-state index in [1.54, 1.807) is 25.0 Å². The van der Waals surface area contributed by atoms with E-state index in [9.17, 15) is 9.59 Å². The van der Waals surface area contributed by atoms with Crippen LogP contribution in [0.2, 0.25) is 0 Å². The van der Waals surface area contributed by atoms with E-state index < -0.39 is 0 Å². The molecular formula is C21H24N2O3. The van der Waals surface area contributed by atoms with E-state index in [2.05, 4.69) is 5.32 Å². The number of amides is 2. The number of hydrogen-bond acceptors (Lipinski definition) is 3. The fourth-order valence-corrected chi connectivity index (χ4v) is 3.42. The summed E-state index contributed by atoms with van der Waals surface area (Å²) in [6, 6.07) is 11.3. The van der Waals surface area contributed by atoms with Gasteiger partial charge >= 0.3 is 0 Å². The molecule has 0 saturated heterocycles. The summed E-state index contributed by atoms with van der Waals surface area (Å²) in [7, 11) is 1.63. The van der Waals surface area contributed by atoms with Crippen LogP contribution in [0, 0.1) is 6.92 Å². The van der Waals surface area contributed by atoms with E-state index >= 15 is 0 Å². The maximum absolute atomic E-state index is 12.7. The summed E-state index contributed by atoms with van der Waals surface area (Å²) in [6.07, 6.45) is 0.775. The highest BCUT2D eigenvalue weighted by atomic mass is 16.5. The topological polar surface area (TPSA) is 58.6 Å². The smallest absolute Gasteiger partial charge is 0.251 e. The number of carbonyl (C=O) groups excluding carboxylic acids is 2. The lowest BCUT2D eigenvalue weighted by Gasteiger charge is -2.19. The number of hydrogen-bond donors (Lipinski definition) is 1. The standard InChI is InChI=1S/C21H24N2O3/c1-13-5-8-20(26-4)18(11-13)14(2)22-21(25)17-6-7-19-16(12-17)9-10-23(19)15(3)24/h5-8,11-12,14H,9-10H2,1-4H3,(H,22,25). The Balaban J connectivity index is 1.79. The van der Waals surface area contributed by atoms with Crippen LogP contribution in [-0.2, 0) is 11.2 Å². The van der Waals surface area contributed by atoms with E-state index in [1.807, 2.05) is 44.2 Å². The molecule has 1 heterocycles.